The van der Waals surface area contributed by atoms with Crippen molar-refractivity contribution in [3.05, 3.63) is 35.4 Å². The van der Waals surface area contributed by atoms with E-state index in [1.807, 2.05) is 18.2 Å². The predicted molar refractivity (Wildman–Crippen MR) is 48.3 cm³/mol. The minimum absolute atomic E-state index is 0.219. The molecule has 1 aromatic rings. The molecule has 0 aliphatic carbocycles. The molecular formula is C11H6N2. The molecule has 2 heteroatoms. The molecule has 13 heavy (non-hydrogen) atoms. The Morgan fingerprint density at radius 2 is 1.92 bits per heavy atom. The maximum atomic E-state index is 8.58. The molecule has 60 valence electrons. The first kappa shape index (κ1) is 8.85. The summed E-state index contributed by atoms with van der Waals surface area (Å²) in [6, 6.07) is 11.0. The number of benzene rings is 1. The first-order chi connectivity index (χ1) is 6.36. The summed E-state index contributed by atoms with van der Waals surface area (Å²) >= 11 is 0. The van der Waals surface area contributed by atoms with E-state index in [0.29, 0.717) is 5.56 Å². The summed E-state index contributed by atoms with van der Waals surface area (Å²) in [7, 11) is 0. The highest BCUT2D eigenvalue weighted by atomic mass is 14.2. The molecule has 1 aromatic carbocycles. The SMILES string of the molecule is N#CCC#Cc1cccc(C#N)c1. The van der Waals surface area contributed by atoms with Crippen molar-refractivity contribution < 1.29 is 0 Å². The summed E-state index contributed by atoms with van der Waals surface area (Å²) in [6.07, 6.45) is 0.219. The summed E-state index contributed by atoms with van der Waals surface area (Å²) in [5.41, 5.74) is 1.36. The molecule has 0 heterocycles. The molecule has 0 amide bonds. The zero-order valence-electron chi connectivity index (χ0n) is 6.91. The standard InChI is InChI=1S/C11H6N2/c12-7-2-1-4-10-5-3-6-11(8-10)9-13/h3,5-6,8H,2H2. The predicted octanol–water partition coefficient (Wildman–Crippen LogP) is 1.82. The van der Waals surface area contributed by atoms with Crippen molar-refractivity contribution in [2.24, 2.45) is 0 Å². The lowest BCUT2D eigenvalue weighted by Crippen LogP contribution is -1.76. The maximum Gasteiger partial charge on any atom is 0.0992 e. The Kier molecular flexibility index (Phi) is 3.13. The molecule has 0 N–H and O–H groups in total. The summed E-state index contributed by atoms with van der Waals surface area (Å²) < 4.78 is 0. The fraction of sp³-hybridized carbons (Fsp3) is 0.0909. The number of hydrogen-bond acceptors (Lipinski definition) is 2. The second-order valence-corrected chi connectivity index (χ2v) is 2.33. The van der Waals surface area contributed by atoms with Gasteiger partial charge in [0.15, 0.2) is 0 Å². The highest BCUT2D eigenvalue weighted by Crippen LogP contribution is 2.01. The maximum absolute atomic E-state index is 8.58. The van der Waals surface area contributed by atoms with Crippen molar-refractivity contribution in [3.63, 3.8) is 0 Å². The Morgan fingerprint density at radius 3 is 2.62 bits per heavy atom. The van der Waals surface area contributed by atoms with Crippen LogP contribution in [0.4, 0.5) is 0 Å². The first-order valence-electron chi connectivity index (χ1n) is 3.73. The molecule has 2 nitrogen and oxygen atoms in total. The highest BCUT2D eigenvalue weighted by molar-refractivity contribution is 5.41. The zero-order valence-corrected chi connectivity index (χ0v) is 6.91. The van der Waals surface area contributed by atoms with Gasteiger partial charge in [-0.15, -0.1) is 0 Å². The zero-order chi connectivity index (χ0) is 9.52. The van der Waals surface area contributed by atoms with Gasteiger partial charge in [0.2, 0.25) is 0 Å². The Bertz CT molecular complexity index is 436. The van der Waals surface area contributed by atoms with E-state index < -0.39 is 0 Å². The molecular weight excluding hydrogens is 160 g/mol. The lowest BCUT2D eigenvalue weighted by Gasteiger charge is -1.89. The molecule has 0 radical (unpaired) electrons. The molecule has 0 aromatic heterocycles. The van der Waals surface area contributed by atoms with E-state index in [1.165, 1.54) is 0 Å². The molecule has 0 spiro atoms. The van der Waals surface area contributed by atoms with Crippen molar-refractivity contribution >= 4 is 0 Å². The fourth-order valence-electron chi connectivity index (χ4n) is 0.852. The number of rotatable bonds is 0. The van der Waals surface area contributed by atoms with E-state index >= 15 is 0 Å². The highest BCUT2D eigenvalue weighted by Gasteiger charge is 1.89. The lowest BCUT2D eigenvalue weighted by atomic mass is 10.1. The van der Waals surface area contributed by atoms with Crippen molar-refractivity contribution in [2.45, 2.75) is 6.42 Å². The van der Waals surface area contributed by atoms with Gasteiger partial charge in [-0.25, -0.2) is 0 Å². The smallest absolute Gasteiger partial charge is 0.0992 e. The molecule has 1 rings (SSSR count). The van der Waals surface area contributed by atoms with E-state index in [0.717, 1.165) is 5.56 Å². The van der Waals surface area contributed by atoms with E-state index in [2.05, 4.69) is 11.8 Å². The van der Waals surface area contributed by atoms with E-state index in [1.54, 1.807) is 18.2 Å². The van der Waals surface area contributed by atoms with Gasteiger partial charge in [-0.1, -0.05) is 17.9 Å². The molecule has 0 fully saturated rings. The van der Waals surface area contributed by atoms with Crippen LogP contribution in [0.1, 0.15) is 17.5 Å². The van der Waals surface area contributed by atoms with Gasteiger partial charge in [0.05, 0.1) is 24.1 Å². The van der Waals surface area contributed by atoms with E-state index in [-0.39, 0.29) is 6.42 Å². The largest absolute Gasteiger partial charge is 0.197 e. The first-order valence-corrected chi connectivity index (χ1v) is 3.73. The summed E-state index contributed by atoms with van der Waals surface area (Å²) in [5.74, 6) is 5.48. The van der Waals surface area contributed by atoms with Gasteiger partial charge in [-0.05, 0) is 18.2 Å². The van der Waals surface area contributed by atoms with Crippen LogP contribution in [0.5, 0.6) is 0 Å². The summed E-state index contributed by atoms with van der Waals surface area (Å²) in [5, 5.41) is 16.8. The van der Waals surface area contributed by atoms with Crippen molar-refractivity contribution in [1.82, 2.24) is 0 Å². The van der Waals surface area contributed by atoms with Crippen molar-refractivity contribution in [2.75, 3.05) is 0 Å². The van der Waals surface area contributed by atoms with Crippen LogP contribution in [-0.2, 0) is 0 Å². The van der Waals surface area contributed by atoms with Crippen LogP contribution in [0.25, 0.3) is 0 Å². The average molecular weight is 166 g/mol. The molecule has 0 bridgehead atoms. The van der Waals surface area contributed by atoms with Crippen LogP contribution in [0.15, 0.2) is 24.3 Å². The van der Waals surface area contributed by atoms with Gasteiger partial charge in [-0.2, -0.15) is 10.5 Å². The van der Waals surface area contributed by atoms with Crippen molar-refractivity contribution in [1.29, 1.82) is 10.5 Å². The Morgan fingerprint density at radius 1 is 1.15 bits per heavy atom. The quantitative estimate of drug-likeness (QED) is 0.552. The Balaban J connectivity index is 2.88. The minimum atomic E-state index is 0.219. The van der Waals surface area contributed by atoms with Crippen LogP contribution in [0.2, 0.25) is 0 Å². The molecule has 0 aliphatic heterocycles. The van der Waals surface area contributed by atoms with Crippen molar-refractivity contribution in [3.8, 4) is 24.0 Å². The molecule has 0 unspecified atom stereocenters. The topological polar surface area (TPSA) is 47.6 Å². The third-order valence-corrected chi connectivity index (χ3v) is 1.39. The molecule has 0 atom stereocenters. The van der Waals surface area contributed by atoms with Crippen LogP contribution in [0.3, 0.4) is 0 Å². The van der Waals surface area contributed by atoms with Gasteiger partial charge in [0.1, 0.15) is 0 Å². The Labute approximate surface area is 77.0 Å². The number of nitrogens with zero attached hydrogens (tertiary/aromatic N) is 2. The second kappa shape index (κ2) is 4.60. The van der Waals surface area contributed by atoms with Gasteiger partial charge in [-0.3, -0.25) is 0 Å². The minimum Gasteiger partial charge on any atom is -0.197 e. The van der Waals surface area contributed by atoms with Gasteiger partial charge < -0.3 is 0 Å². The van der Waals surface area contributed by atoms with E-state index in [4.69, 9.17) is 10.5 Å². The van der Waals surface area contributed by atoms with Gasteiger partial charge >= 0.3 is 0 Å². The number of hydrogen-bond donors (Lipinski definition) is 0. The third-order valence-electron chi connectivity index (χ3n) is 1.39. The van der Waals surface area contributed by atoms with Crippen LogP contribution >= 0.6 is 0 Å². The monoisotopic (exact) mass is 166 g/mol. The second-order valence-electron chi connectivity index (χ2n) is 2.33. The van der Waals surface area contributed by atoms with Gasteiger partial charge in [0.25, 0.3) is 0 Å². The van der Waals surface area contributed by atoms with Crippen LogP contribution in [0, 0.1) is 34.5 Å². The summed E-state index contributed by atoms with van der Waals surface area (Å²) in [4.78, 5) is 0. The third kappa shape index (κ3) is 2.70. The lowest BCUT2D eigenvalue weighted by molar-refractivity contribution is 1.39. The summed E-state index contributed by atoms with van der Waals surface area (Å²) in [6.45, 7) is 0. The number of nitriles is 2. The van der Waals surface area contributed by atoms with Crippen LogP contribution < -0.4 is 0 Å². The molecule has 0 aliphatic rings. The molecule has 0 saturated heterocycles. The Hall–Kier alpha value is -2.24. The van der Waals surface area contributed by atoms with Gasteiger partial charge in [0, 0.05) is 5.56 Å². The van der Waals surface area contributed by atoms with E-state index in [9.17, 15) is 0 Å². The van der Waals surface area contributed by atoms with Crippen LogP contribution in [-0.4, -0.2) is 0 Å². The molecule has 0 saturated carbocycles. The average Bonchev–Trinajstić information content (AvgIpc) is 2.19. The fourth-order valence-corrected chi connectivity index (χ4v) is 0.852. The normalized spacial score (nSPS) is 7.54.